The molecule has 1 rings (SSSR count). The molecule has 1 saturated heterocycles. The Labute approximate surface area is 100 Å². The van der Waals surface area contributed by atoms with Gasteiger partial charge < -0.3 is 14.9 Å². The monoisotopic (exact) mass is 242 g/mol. The molecule has 1 heterocycles. The molecule has 6 heteroatoms. The summed E-state index contributed by atoms with van der Waals surface area (Å²) in [7, 11) is 1.98. The fourth-order valence-corrected chi connectivity index (χ4v) is 2.02. The van der Waals surface area contributed by atoms with Gasteiger partial charge in [-0.25, -0.2) is 0 Å². The van der Waals surface area contributed by atoms with Crippen molar-refractivity contribution < 1.29 is 19.5 Å². The van der Waals surface area contributed by atoms with Crippen molar-refractivity contribution in [2.24, 2.45) is 0 Å². The molecule has 96 valence electrons. The molecule has 1 aliphatic heterocycles. The molecule has 0 bridgehead atoms. The number of aliphatic carboxylic acids is 1. The highest BCUT2D eigenvalue weighted by atomic mass is 16.4. The summed E-state index contributed by atoms with van der Waals surface area (Å²) in [4.78, 5) is 36.8. The highest BCUT2D eigenvalue weighted by molar-refractivity contribution is 6.35. The standard InChI is InChI=1S/C11H18N2O4/c1-8(14)11(17)13(7-10(15)16)9-3-5-12(2)6-4-9/h9H,3-7H2,1-2H3,(H,15,16). The first-order valence-electron chi connectivity index (χ1n) is 5.63. The molecule has 0 radical (unpaired) electrons. The fraction of sp³-hybridized carbons (Fsp3) is 0.727. The SMILES string of the molecule is CC(=O)C(=O)N(CC(=O)O)C1CCN(C)CC1. The zero-order valence-corrected chi connectivity index (χ0v) is 10.2. The summed E-state index contributed by atoms with van der Waals surface area (Å²) in [6.07, 6.45) is 1.42. The Bertz CT molecular complexity index is 321. The van der Waals surface area contributed by atoms with Crippen molar-refractivity contribution in [2.75, 3.05) is 26.7 Å². The summed E-state index contributed by atoms with van der Waals surface area (Å²) in [5.74, 6) is -2.38. The number of hydrogen-bond donors (Lipinski definition) is 1. The number of ketones is 1. The van der Waals surface area contributed by atoms with Crippen molar-refractivity contribution in [1.29, 1.82) is 0 Å². The predicted octanol–water partition coefficient (Wildman–Crippen LogP) is -0.417. The molecular formula is C11H18N2O4. The Balaban J connectivity index is 2.72. The normalized spacial score (nSPS) is 17.8. The molecule has 1 N–H and O–H groups in total. The van der Waals surface area contributed by atoms with Crippen molar-refractivity contribution in [3.63, 3.8) is 0 Å². The third-order valence-electron chi connectivity index (χ3n) is 3.00. The van der Waals surface area contributed by atoms with Gasteiger partial charge in [0.1, 0.15) is 6.54 Å². The third-order valence-corrected chi connectivity index (χ3v) is 3.00. The van der Waals surface area contributed by atoms with E-state index in [0.717, 1.165) is 13.1 Å². The van der Waals surface area contributed by atoms with E-state index in [1.54, 1.807) is 0 Å². The first-order valence-corrected chi connectivity index (χ1v) is 5.63. The molecule has 0 saturated carbocycles. The van der Waals surface area contributed by atoms with E-state index in [-0.39, 0.29) is 6.04 Å². The van der Waals surface area contributed by atoms with Crippen LogP contribution in [-0.4, -0.2) is 65.3 Å². The van der Waals surface area contributed by atoms with Crippen molar-refractivity contribution in [2.45, 2.75) is 25.8 Å². The molecule has 1 fully saturated rings. The van der Waals surface area contributed by atoms with E-state index >= 15 is 0 Å². The van der Waals surface area contributed by atoms with E-state index in [2.05, 4.69) is 4.90 Å². The number of carboxylic acid groups (broad SMARTS) is 1. The molecule has 0 atom stereocenters. The van der Waals surface area contributed by atoms with Gasteiger partial charge in [-0.15, -0.1) is 0 Å². The average Bonchev–Trinajstić information content (AvgIpc) is 2.26. The van der Waals surface area contributed by atoms with Crippen molar-refractivity contribution in [3.8, 4) is 0 Å². The molecule has 0 unspecified atom stereocenters. The topological polar surface area (TPSA) is 77.9 Å². The Morgan fingerprint density at radius 2 is 1.82 bits per heavy atom. The predicted molar refractivity (Wildman–Crippen MR) is 60.5 cm³/mol. The first-order chi connectivity index (χ1) is 7.91. The van der Waals surface area contributed by atoms with Gasteiger partial charge in [0, 0.05) is 13.0 Å². The summed E-state index contributed by atoms with van der Waals surface area (Å²) < 4.78 is 0. The van der Waals surface area contributed by atoms with Gasteiger partial charge in [-0.2, -0.15) is 0 Å². The number of piperidine rings is 1. The van der Waals surface area contributed by atoms with Crippen LogP contribution >= 0.6 is 0 Å². The van der Waals surface area contributed by atoms with Crippen LogP contribution in [0.15, 0.2) is 0 Å². The number of rotatable bonds is 4. The van der Waals surface area contributed by atoms with Crippen LogP contribution in [0.5, 0.6) is 0 Å². The lowest BCUT2D eigenvalue weighted by Crippen LogP contribution is -2.50. The fourth-order valence-electron chi connectivity index (χ4n) is 2.02. The van der Waals surface area contributed by atoms with Crippen LogP contribution in [0.1, 0.15) is 19.8 Å². The molecule has 0 aliphatic carbocycles. The molecular weight excluding hydrogens is 224 g/mol. The quantitative estimate of drug-likeness (QED) is 0.678. The number of likely N-dealkylation sites (tertiary alicyclic amines) is 1. The number of carboxylic acids is 1. The smallest absolute Gasteiger partial charge is 0.323 e. The summed E-state index contributed by atoms with van der Waals surface area (Å²) in [6, 6.07) is -0.140. The number of carbonyl (C=O) groups excluding carboxylic acids is 2. The average molecular weight is 242 g/mol. The molecule has 1 aliphatic rings. The maximum atomic E-state index is 11.7. The van der Waals surface area contributed by atoms with Crippen LogP contribution in [0.4, 0.5) is 0 Å². The van der Waals surface area contributed by atoms with Gasteiger partial charge in [0.25, 0.3) is 5.91 Å². The number of hydrogen-bond acceptors (Lipinski definition) is 4. The molecule has 0 aromatic heterocycles. The second-order valence-corrected chi connectivity index (χ2v) is 4.42. The molecule has 0 aromatic rings. The van der Waals surface area contributed by atoms with Crippen LogP contribution in [0, 0.1) is 0 Å². The third kappa shape index (κ3) is 3.81. The molecule has 1 amide bonds. The number of carbonyl (C=O) groups is 3. The van der Waals surface area contributed by atoms with Crippen LogP contribution in [0.3, 0.4) is 0 Å². The Kier molecular flexibility index (Phi) is 4.62. The van der Waals surface area contributed by atoms with E-state index in [0.29, 0.717) is 12.8 Å². The second-order valence-electron chi connectivity index (χ2n) is 4.42. The number of nitrogens with zero attached hydrogens (tertiary/aromatic N) is 2. The van der Waals surface area contributed by atoms with Gasteiger partial charge >= 0.3 is 5.97 Å². The second kappa shape index (κ2) is 5.77. The van der Waals surface area contributed by atoms with Crippen LogP contribution in [0.2, 0.25) is 0 Å². The zero-order valence-electron chi connectivity index (χ0n) is 10.2. The molecule has 6 nitrogen and oxygen atoms in total. The minimum atomic E-state index is -1.08. The first kappa shape index (κ1) is 13.6. The van der Waals surface area contributed by atoms with Crippen LogP contribution in [-0.2, 0) is 14.4 Å². The van der Waals surface area contributed by atoms with Crippen molar-refractivity contribution in [3.05, 3.63) is 0 Å². The minimum absolute atomic E-state index is 0.140. The lowest BCUT2D eigenvalue weighted by Gasteiger charge is -2.35. The summed E-state index contributed by atoms with van der Waals surface area (Å²) in [5.41, 5.74) is 0. The number of Topliss-reactive ketones (excluding diaryl/α,β-unsaturated/α-hetero) is 1. The lowest BCUT2D eigenvalue weighted by atomic mass is 10.0. The largest absolute Gasteiger partial charge is 0.480 e. The lowest BCUT2D eigenvalue weighted by molar-refractivity contribution is -0.151. The maximum Gasteiger partial charge on any atom is 0.323 e. The molecule has 0 spiro atoms. The van der Waals surface area contributed by atoms with E-state index in [4.69, 9.17) is 5.11 Å². The van der Waals surface area contributed by atoms with E-state index in [1.807, 2.05) is 7.05 Å². The van der Waals surface area contributed by atoms with Gasteiger partial charge in [-0.05, 0) is 33.0 Å². The summed E-state index contributed by atoms with van der Waals surface area (Å²) >= 11 is 0. The highest BCUT2D eigenvalue weighted by Gasteiger charge is 2.30. The van der Waals surface area contributed by atoms with Gasteiger partial charge in [0.05, 0.1) is 0 Å². The Hall–Kier alpha value is -1.43. The Morgan fingerprint density at radius 1 is 1.29 bits per heavy atom. The number of amides is 1. The molecule has 0 aromatic carbocycles. The van der Waals surface area contributed by atoms with Gasteiger partial charge in [0.2, 0.25) is 5.78 Å². The van der Waals surface area contributed by atoms with Gasteiger partial charge in [-0.1, -0.05) is 0 Å². The van der Waals surface area contributed by atoms with Gasteiger partial charge in [0.15, 0.2) is 0 Å². The summed E-state index contributed by atoms with van der Waals surface area (Å²) in [5, 5.41) is 8.78. The van der Waals surface area contributed by atoms with E-state index in [9.17, 15) is 14.4 Å². The van der Waals surface area contributed by atoms with Gasteiger partial charge in [-0.3, -0.25) is 14.4 Å². The zero-order chi connectivity index (χ0) is 13.0. The highest BCUT2D eigenvalue weighted by Crippen LogP contribution is 2.15. The van der Waals surface area contributed by atoms with Crippen LogP contribution < -0.4 is 0 Å². The van der Waals surface area contributed by atoms with Crippen molar-refractivity contribution in [1.82, 2.24) is 9.80 Å². The van der Waals surface area contributed by atoms with Crippen molar-refractivity contribution >= 4 is 17.7 Å². The van der Waals surface area contributed by atoms with E-state index in [1.165, 1.54) is 11.8 Å². The van der Waals surface area contributed by atoms with Crippen LogP contribution in [0.25, 0.3) is 0 Å². The minimum Gasteiger partial charge on any atom is -0.480 e. The van der Waals surface area contributed by atoms with E-state index < -0.39 is 24.2 Å². The Morgan fingerprint density at radius 3 is 2.24 bits per heavy atom. The molecule has 17 heavy (non-hydrogen) atoms. The maximum absolute atomic E-state index is 11.7. The summed E-state index contributed by atoms with van der Waals surface area (Å²) in [6.45, 7) is 2.40.